The number of fused-ring (bicyclic) bond motifs is 1. The molecule has 1 aliphatic heterocycles. The SMILES string of the molecule is Cc1cc2nc(C3COC(CCc4c(F)cncc4NC(=O)C[C@H](c4cncc(F)c4)c4ccc(Cl)c(F)c4)CN3C(=O)O)[nH]c2cc1C. The Kier molecular flexibility index (Phi) is 9.84. The van der Waals surface area contributed by atoms with Crippen LogP contribution < -0.4 is 5.32 Å². The third kappa shape index (κ3) is 7.52. The summed E-state index contributed by atoms with van der Waals surface area (Å²) in [6.45, 7) is 4.03. The van der Waals surface area contributed by atoms with Gasteiger partial charge in [-0.1, -0.05) is 17.7 Å². The fraction of sp³-hybridized carbons (Fsp3) is 0.286. The molecule has 3 N–H and O–H groups in total. The maximum Gasteiger partial charge on any atom is 0.408 e. The van der Waals surface area contributed by atoms with E-state index in [-0.39, 0.29) is 48.7 Å². The Morgan fingerprint density at radius 1 is 1.04 bits per heavy atom. The molecule has 1 aliphatic rings. The van der Waals surface area contributed by atoms with Crippen molar-refractivity contribution in [3.8, 4) is 0 Å². The second kappa shape index (κ2) is 14.2. The molecule has 2 amide bonds. The Hall–Kier alpha value is -5.01. The Bertz CT molecular complexity index is 2000. The summed E-state index contributed by atoms with van der Waals surface area (Å²) >= 11 is 5.86. The number of carbonyl (C=O) groups is 2. The van der Waals surface area contributed by atoms with E-state index in [2.05, 4.69) is 25.3 Å². The number of morpholine rings is 1. The maximum absolute atomic E-state index is 15.1. The van der Waals surface area contributed by atoms with Crippen LogP contribution in [-0.4, -0.2) is 61.2 Å². The van der Waals surface area contributed by atoms with Gasteiger partial charge in [0.05, 0.1) is 59.6 Å². The molecule has 6 rings (SSSR count). The van der Waals surface area contributed by atoms with Crippen molar-refractivity contribution in [2.24, 2.45) is 0 Å². The molecule has 0 radical (unpaired) electrons. The van der Waals surface area contributed by atoms with Crippen molar-refractivity contribution in [3.63, 3.8) is 0 Å². The van der Waals surface area contributed by atoms with Gasteiger partial charge in [-0.15, -0.1) is 0 Å². The van der Waals surface area contributed by atoms with Gasteiger partial charge in [-0.25, -0.2) is 22.9 Å². The number of H-pyrrole nitrogens is 1. The van der Waals surface area contributed by atoms with E-state index in [0.717, 1.165) is 34.6 Å². The van der Waals surface area contributed by atoms with Crippen LogP contribution in [0.2, 0.25) is 5.02 Å². The van der Waals surface area contributed by atoms with E-state index >= 15 is 4.39 Å². The van der Waals surface area contributed by atoms with Crippen molar-refractivity contribution in [2.75, 3.05) is 18.5 Å². The lowest BCUT2D eigenvalue weighted by Crippen LogP contribution is -2.47. The first-order chi connectivity index (χ1) is 23.5. The molecule has 5 aromatic rings. The van der Waals surface area contributed by atoms with Crippen molar-refractivity contribution in [1.29, 1.82) is 0 Å². The monoisotopic (exact) mass is 692 g/mol. The fourth-order valence-corrected chi connectivity index (χ4v) is 6.19. The lowest BCUT2D eigenvalue weighted by atomic mass is 9.89. The summed E-state index contributed by atoms with van der Waals surface area (Å²) in [6.07, 6.45) is 3.09. The number of benzene rings is 2. The minimum atomic E-state index is -1.14. The molecule has 49 heavy (non-hydrogen) atoms. The number of imidazole rings is 1. The van der Waals surface area contributed by atoms with Gasteiger partial charge in [0.25, 0.3) is 0 Å². The molecular formula is C35H32ClF3N6O4. The molecular weight excluding hydrogens is 661 g/mol. The van der Waals surface area contributed by atoms with E-state index < -0.39 is 47.5 Å². The number of amides is 2. The van der Waals surface area contributed by atoms with Crippen LogP contribution in [0.15, 0.2) is 61.2 Å². The first kappa shape index (κ1) is 33.9. The highest BCUT2D eigenvalue weighted by molar-refractivity contribution is 6.30. The van der Waals surface area contributed by atoms with Gasteiger partial charge in [0, 0.05) is 24.1 Å². The topological polar surface area (TPSA) is 133 Å². The number of aromatic amines is 1. The number of nitrogens with one attached hydrogen (secondary N) is 2. The van der Waals surface area contributed by atoms with Crippen LogP contribution >= 0.6 is 11.6 Å². The van der Waals surface area contributed by atoms with E-state index in [1.54, 1.807) is 0 Å². The predicted octanol–water partition coefficient (Wildman–Crippen LogP) is 7.25. The van der Waals surface area contributed by atoms with Crippen LogP contribution in [0.4, 0.5) is 23.7 Å². The number of carbonyl (C=O) groups excluding carboxylic acids is 1. The zero-order chi connectivity index (χ0) is 34.8. The van der Waals surface area contributed by atoms with Gasteiger partial charge >= 0.3 is 6.09 Å². The van der Waals surface area contributed by atoms with Crippen molar-refractivity contribution in [1.82, 2.24) is 24.8 Å². The predicted molar refractivity (Wildman–Crippen MR) is 176 cm³/mol. The number of hydrogen-bond acceptors (Lipinski definition) is 6. The second-order valence-electron chi connectivity index (χ2n) is 12.1. The Balaban J connectivity index is 1.15. The molecule has 1 fully saturated rings. The van der Waals surface area contributed by atoms with E-state index in [1.165, 1.54) is 41.6 Å². The van der Waals surface area contributed by atoms with Crippen molar-refractivity contribution in [2.45, 2.75) is 51.2 Å². The van der Waals surface area contributed by atoms with Crippen molar-refractivity contribution in [3.05, 3.63) is 117 Å². The molecule has 3 atom stereocenters. The standard InChI is InChI=1S/C35H32ClF3N6O4/c1-18-7-29-30(8-19(18)2)44-34(43-29)32-17-49-23(16-45(32)35(47)48)4-5-24-28(39)14-41-15-31(24)42-33(46)11-25(21-9-22(37)13-40-12-21)20-3-6-26(36)27(38)10-20/h3,6-10,12-15,23,25,32H,4-5,11,16-17H2,1-2H3,(H,42,46)(H,43,44)(H,47,48)/t23?,25-,32?/m0/s1. The molecule has 14 heteroatoms. The minimum Gasteiger partial charge on any atom is -0.465 e. The quantitative estimate of drug-likeness (QED) is 0.148. The van der Waals surface area contributed by atoms with Gasteiger partial charge in [-0.05, 0) is 79.3 Å². The molecule has 0 spiro atoms. The minimum absolute atomic E-state index is 0.0184. The summed E-state index contributed by atoms with van der Waals surface area (Å²) < 4.78 is 49.7. The number of carboxylic acid groups (broad SMARTS) is 1. The third-order valence-corrected chi connectivity index (χ3v) is 9.11. The lowest BCUT2D eigenvalue weighted by molar-refractivity contribution is -0.116. The molecule has 0 saturated carbocycles. The maximum atomic E-state index is 15.1. The highest BCUT2D eigenvalue weighted by Gasteiger charge is 2.35. The van der Waals surface area contributed by atoms with Crippen LogP contribution in [0.5, 0.6) is 0 Å². The first-order valence-corrected chi connectivity index (χ1v) is 15.9. The first-order valence-electron chi connectivity index (χ1n) is 15.5. The van der Waals surface area contributed by atoms with Crippen LogP contribution in [0.3, 0.4) is 0 Å². The van der Waals surface area contributed by atoms with E-state index in [1.807, 2.05) is 26.0 Å². The van der Waals surface area contributed by atoms with Crippen molar-refractivity contribution < 1.29 is 32.6 Å². The summed E-state index contributed by atoms with van der Waals surface area (Å²) in [6, 6.07) is 8.51. The molecule has 0 bridgehead atoms. The average molecular weight is 693 g/mol. The highest BCUT2D eigenvalue weighted by Crippen LogP contribution is 2.33. The number of ether oxygens (including phenoxy) is 1. The molecule has 2 aromatic carbocycles. The van der Waals surface area contributed by atoms with Gasteiger partial charge in [-0.2, -0.15) is 0 Å². The average Bonchev–Trinajstić information content (AvgIpc) is 3.47. The number of halogens is 4. The smallest absolute Gasteiger partial charge is 0.408 e. The van der Waals surface area contributed by atoms with Crippen LogP contribution in [0.25, 0.3) is 11.0 Å². The number of aromatic nitrogens is 4. The lowest BCUT2D eigenvalue weighted by Gasteiger charge is -2.37. The van der Waals surface area contributed by atoms with Gasteiger partial charge < -0.3 is 20.1 Å². The number of nitrogens with zero attached hydrogens (tertiary/aromatic N) is 4. The van der Waals surface area contributed by atoms with Crippen LogP contribution in [0.1, 0.15) is 58.4 Å². The number of hydrogen-bond donors (Lipinski definition) is 3. The Labute approximate surface area is 284 Å². The second-order valence-corrected chi connectivity index (χ2v) is 12.5. The number of aryl methyl sites for hydroxylation is 2. The van der Waals surface area contributed by atoms with Crippen LogP contribution in [-0.2, 0) is 16.0 Å². The van der Waals surface area contributed by atoms with Gasteiger partial charge in [-0.3, -0.25) is 19.7 Å². The van der Waals surface area contributed by atoms with Gasteiger partial charge in [0.2, 0.25) is 5.91 Å². The molecule has 10 nitrogen and oxygen atoms in total. The molecule has 4 heterocycles. The van der Waals surface area contributed by atoms with Crippen molar-refractivity contribution >= 4 is 40.3 Å². The van der Waals surface area contributed by atoms with E-state index in [4.69, 9.17) is 16.3 Å². The Morgan fingerprint density at radius 3 is 2.57 bits per heavy atom. The fourth-order valence-electron chi connectivity index (χ4n) is 6.07. The summed E-state index contributed by atoms with van der Waals surface area (Å²) in [7, 11) is 0. The van der Waals surface area contributed by atoms with E-state index in [9.17, 15) is 23.5 Å². The molecule has 3 aromatic heterocycles. The highest BCUT2D eigenvalue weighted by atomic mass is 35.5. The summed E-state index contributed by atoms with van der Waals surface area (Å²) in [5.74, 6) is -2.89. The third-order valence-electron chi connectivity index (χ3n) is 8.80. The zero-order valence-electron chi connectivity index (χ0n) is 26.5. The Morgan fingerprint density at radius 2 is 1.82 bits per heavy atom. The molecule has 1 saturated heterocycles. The number of rotatable bonds is 9. The van der Waals surface area contributed by atoms with Crippen LogP contribution in [0, 0.1) is 31.3 Å². The summed E-state index contributed by atoms with van der Waals surface area (Å²) in [5, 5.41) is 12.6. The number of pyridine rings is 2. The summed E-state index contributed by atoms with van der Waals surface area (Å²) in [4.78, 5) is 42.6. The molecule has 2 unspecified atom stereocenters. The zero-order valence-corrected chi connectivity index (χ0v) is 27.3. The largest absolute Gasteiger partial charge is 0.465 e. The van der Waals surface area contributed by atoms with Gasteiger partial charge in [0.15, 0.2) is 0 Å². The molecule has 254 valence electrons. The van der Waals surface area contributed by atoms with E-state index in [0.29, 0.717) is 17.0 Å². The summed E-state index contributed by atoms with van der Waals surface area (Å²) in [5.41, 5.74) is 4.64. The molecule has 0 aliphatic carbocycles. The van der Waals surface area contributed by atoms with Gasteiger partial charge in [0.1, 0.15) is 29.3 Å². The normalized spacial score (nSPS) is 16.9. The number of anilines is 1.